The van der Waals surface area contributed by atoms with E-state index in [4.69, 9.17) is 17.3 Å². The van der Waals surface area contributed by atoms with E-state index in [1.54, 1.807) is 24.4 Å². The largest absolute Gasteiger partial charge is 0.493 e. The van der Waals surface area contributed by atoms with Gasteiger partial charge in [-0.3, -0.25) is 14.2 Å². The van der Waals surface area contributed by atoms with Gasteiger partial charge in [0.1, 0.15) is 22.3 Å². The van der Waals surface area contributed by atoms with E-state index >= 15 is 0 Å². The van der Waals surface area contributed by atoms with Crippen molar-refractivity contribution >= 4 is 46.6 Å². The molecule has 0 atom stereocenters. The Labute approximate surface area is 233 Å². The van der Waals surface area contributed by atoms with Gasteiger partial charge in [-0.1, -0.05) is 36.4 Å². The van der Waals surface area contributed by atoms with Gasteiger partial charge in [0.2, 0.25) is 5.88 Å². The monoisotopic (exact) mass is 573 g/mol. The number of piperidine rings is 1. The molecule has 2 aliphatic heterocycles. The third kappa shape index (κ3) is 5.53. The minimum atomic E-state index is -1.13. The molecule has 0 bridgehead atoms. The summed E-state index contributed by atoms with van der Waals surface area (Å²) < 4.78 is 16.0. The molecule has 13 heteroatoms. The lowest BCUT2D eigenvalue weighted by Crippen LogP contribution is -2.41. The highest BCUT2D eigenvalue weighted by atomic mass is 35.5. The third-order valence-corrected chi connectivity index (χ3v) is 8.86. The fourth-order valence-electron chi connectivity index (χ4n) is 4.84. The molecule has 2 aliphatic rings. The van der Waals surface area contributed by atoms with E-state index < -0.39 is 28.6 Å². The Kier molecular flexibility index (Phi) is 7.68. The van der Waals surface area contributed by atoms with Crippen LogP contribution in [0.5, 0.6) is 5.88 Å². The van der Waals surface area contributed by atoms with Gasteiger partial charge in [0.05, 0.1) is 16.9 Å². The molecule has 0 unspecified atom stereocenters. The molecule has 3 aromatic rings. The molecule has 39 heavy (non-hydrogen) atoms. The Morgan fingerprint density at radius 2 is 2.03 bits per heavy atom. The highest BCUT2D eigenvalue weighted by Gasteiger charge is 2.33. The van der Waals surface area contributed by atoms with E-state index in [-0.39, 0.29) is 16.5 Å². The summed E-state index contributed by atoms with van der Waals surface area (Å²) in [6.45, 7) is 3.39. The van der Waals surface area contributed by atoms with Crippen molar-refractivity contribution < 1.29 is 14.3 Å². The summed E-state index contributed by atoms with van der Waals surface area (Å²) in [5.74, 6) is -0.143. The van der Waals surface area contributed by atoms with Crippen LogP contribution >= 0.6 is 23.4 Å². The van der Waals surface area contributed by atoms with Crippen molar-refractivity contribution in [3.05, 3.63) is 51.2 Å². The Hall–Kier alpha value is -3.38. The van der Waals surface area contributed by atoms with Crippen LogP contribution in [0.25, 0.3) is 0 Å². The van der Waals surface area contributed by atoms with Gasteiger partial charge in [-0.25, -0.2) is 14.4 Å². The number of carbonyl (C=O) groups excluding carboxylic acids is 1. The molecule has 0 radical (unpaired) electrons. The topological polar surface area (TPSA) is 139 Å². The van der Waals surface area contributed by atoms with Crippen LogP contribution in [-0.4, -0.2) is 49.3 Å². The van der Waals surface area contributed by atoms with Crippen LogP contribution in [0.15, 0.2) is 39.1 Å². The second kappa shape index (κ2) is 11.0. The van der Waals surface area contributed by atoms with Gasteiger partial charge in [0.15, 0.2) is 11.4 Å². The number of fused-ring (bicyclic) bond motifs is 1. The number of alkyl halides is 1. The Bertz CT molecular complexity index is 1480. The van der Waals surface area contributed by atoms with Gasteiger partial charge in [-0.05, 0) is 44.2 Å². The number of hydrogen-bond acceptors (Lipinski definition) is 9. The first-order chi connectivity index (χ1) is 18.7. The van der Waals surface area contributed by atoms with Crippen LogP contribution in [0.1, 0.15) is 55.2 Å². The summed E-state index contributed by atoms with van der Waals surface area (Å²) in [5, 5.41) is 13.6. The van der Waals surface area contributed by atoms with Crippen LogP contribution in [0.4, 0.5) is 21.7 Å². The van der Waals surface area contributed by atoms with E-state index in [0.717, 1.165) is 12.8 Å². The van der Waals surface area contributed by atoms with Crippen molar-refractivity contribution in [1.29, 1.82) is 0 Å². The van der Waals surface area contributed by atoms with Crippen molar-refractivity contribution in [2.75, 3.05) is 29.0 Å². The number of aromatic nitrogens is 4. The van der Waals surface area contributed by atoms with E-state index in [9.17, 15) is 19.1 Å². The standard InChI is InChI=1S/C26H29ClFN7O3S/c1-2-26(28)9-12-34(13-10-26)18-14-30-24(21(29)32-18)39-16-7-5-6-15(20(16)27)31-22(36)19-23(37)33-17-8-3-4-11-35(17)25(19)38/h5-7,14,37H,2-4,8-13H2,1H3,(H2,29,32)(H,31,36). The van der Waals surface area contributed by atoms with Gasteiger partial charge in [0.25, 0.3) is 11.5 Å². The molecule has 0 aliphatic carbocycles. The van der Waals surface area contributed by atoms with Crippen molar-refractivity contribution in [3.8, 4) is 5.88 Å². The molecule has 1 aromatic carbocycles. The van der Waals surface area contributed by atoms with E-state index in [2.05, 4.69) is 20.3 Å². The first-order valence-electron chi connectivity index (χ1n) is 12.9. The number of nitrogens with two attached hydrogens (primary N) is 1. The van der Waals surface area contributed by atoms with Crippen molar-refractivity contribution in [2.45, 2.75) is 67.6 Å². The molecule has 1 fully saturated rings. The number of rotatable bonds is 6. The Balaban J connectivity index is 1.32. The van der Waals surface area contributed by atoms with Crippen LogP contribution in [0.2, 0.25) is 5.02 Å². The second-order valence-corrected chi connectivity index (χ2v) is 11.1. The SMILES string of the molecule is CCC1(F)CCN(c2cnc(Sc3cccc(NC(=O)c4c(O)nc5n(c4=O)CCCC5)c3Cl)c(N)n2)CC1. The van der Waals surface area contributed by atoms with Gasteiger partial charge < -0.3 is 21.1 Å². The highest BCUT2D eigenvalue weighted by Crippen LogP contribution is 2.39. The quantitative estimate of drug-likeness (QED) is 0.390. The van der Waals surface area contributed by atoms with Crippen LogP contribution < -0.4 is 21.5 Å². The third-order valence-electron chi connectivity index (χ3n) is 7.27. The molecule has 206 valence electrons. The maximum atomic E-state index is 14.6. The number of nitrogen functional groups attached to an aromatic ring is 1. The highest BCUT2D eigenvalue weighted by molar-refractivity contribution is 7.99. The minimum Gasteiger partial charge on any atom is -0.493 e. The molecular formula is C26H29ClFN7O3S. The lowest BCUT2D eigenvalue weighted by molar-refractivity contribution is 0.102. The Morgan fingerprint density at radius 1 is 1.26 bits per heavy atom. The average molecular weight is 574 g/mol. The maximum absolute atomic E-state index is 14.6. The number of carbonyl (C=O) groups is 1. The van der Waals surface area contributed by atoms with Gasteiger partial charge >= 0.3 is 0 Å². The van der Waals surface area contributed by atoms with Gasteiger partial charge in [0, 0.05) is 31.0 Å². The fourth-order valence-corrected chi connectivity index (χ4v) is 5.94. The fraction of sp³-hybridized carbons (Fsp3) is 0.423. The lowest BCUT2D eigenvalue weighted by Gasteiger charge is -2.36. The molecule has 4 heterocycles. The molecule has 5 rings (SSSR count). The summed E-state index contributed by atoms with van der Waals surface area (Å²) in [5.41, 5.74) is 4.31. The average Bonchev–Trinajstić information content (AvgIpc) is 2.92. The van der Waals surface area contributed by atoms with Crippen LogP contribution in [-0.2, 0) is 13.0 Å². The zero-order chi connectivity index (χ0) is 27.7. The lowest BCUT2D eigenvalue weighted by atomic mass is 9.91. The number of amides is 1. The van der Waals surface area contributed by atoms with E-state index in [0.29, 0.717) is 66.9 Å². The van der Waals surface area contributed by atoms with Crippen molar-refractivity contribution in [1.82, 2.24) is 19.5 Å². The van der Waals surface area contributed by atoms with Crippen molar-refractivity contribution in [2.24, 2.45) is 0 Å². The number of hydrogen-bond donors (Lipinski definition) is 3. The van der Waals surface area contributed by atoms with E-state index in [1.165, 1.54) is 16.3 Å². The zero-order valence-electron chi connectivity index (χ0n) is 21.4. The minimum absolute atomic E-state index is 0.202. The molecule has 10 nitrogen and oxygen atoms in total. The number of aromatic hydroxyl groups is 1. The second-order valence-electron chi connectivity index (χ2n) is 9.72. The zero-order valence-corrected chi connectivity index (χ0v) is 23.0. The summed E-state index contributed by atoms with van der Waals surface area (Å²) in [4.78, 5) is 41.4. The van der Waals surface area contributed by atoms with Crippen molar-refractivity contribution in [3.63, 3.8) is 0 Å². The van der Waals surface area contributed by atoms with Gasteiger partial charge in [-0.2, -0.15) is 4.98 Å². The number of anilines is 3. The van der Waals surface area contributed by atoms with Gasteiger partial charge in [-0.15, -0.1) is 0 Å². The molecule has 0 spiro atoms. The summed E-state index contributed by atoms with van der Waals surface area (Å²) in [6, 6.07) is 5.01. The summed E-state index contributed by atoms with van der Waals surface area (Å²) >= 11 is 7.77. The number of aryl methyl sites for hydroxylation is 1. The maximum Gasteiger partial charge on any atom is 0.270 e. The molecule has 1 amide bonds. The number of halogens is 2. The van der Waals surface area contributed by atoms with Crippen LogP contribution in [0.3, 0.4) is 0 Å². The summed E-state index contributed by atoms with van der Waals surface area (Å²) in [6.07, 6.45) is 5.20. The number of nitrogens with one attached hydrogen (secondary N) is 1. The normalized spacial score (nSPS) is 16.5. The first kappa shape index (κ1) is 27.2. The predicted molar refractivity (Wildman–Crippen MR) is 149 cm³/mol. The molecule has 1 saturated heterocycles. The molecule has 4 N–H and O–H groups in total. The molecular weight excluding hydrogens is 545 g/mol. The smallest absolute Gasteiger partial charge is 0.270 e. The number of benzene rings is 1. The first-order valence-corrected chi connectivity index (χ1v) is 14.1. The number of nitrogens with zero attached hydrogens (tertiary/aromatic N) is 5. The predicted octanol–water partition coefficient (Wildman–Crippen LogP) is 4.43. The molecule has 0 saturated carbocycles. The van der Waals surface area contributed by atoms with Crippen LogP contribution in [0, 0.1) is 0 Å². The molecule has 2 aromatic heterocycles. The summed E-state index contributed by atoms with van der Waals surface area (Å²) in [7, 11) is 0. The Morgan fingerprint density at radius 3 is 2.74 bits per heavy atom. The van der Waals surface area contributed by atoms with E-state index in [1.807, 2.05) is 11.8 Å².